The van der Waals surface area contributed by atoms with Gasteiger partial charge in [0.1, 0.15) is 0 Å². The summed E-state index contributed by atoms with van der Waals surface area (Å²) in [5, 5.41) is 0. The number of hydrogen-bond acceptors (Lipinski definition) is 1. The highest BCUT2D eigenvalue weighted by Crippen LogP contribution is 1.98. The van der Waals surface area contributed by atoms with Crippen molar-refractivity contribution in [1.29, 1.82) is 0 Å². The van der Waals surface area contributed by atoms with E-state index in [-0.39, 0.29) is 0 Å². The number of ether oxygens (including phenoxy) is 1. The second kappa shape index (κ2) is 5.83. The van der Waals surface area contributed by atoms with Gasteiger partial charge >= 0.3 is 0 Å². The summed E-state index contributed by atoms with van der Waals surface area (Å²) in [6, 6.07) is 0. The fraction of sp³-hybridized carbons (Fsp3) is 0.625. The molecule has 0 saturated carbocycles. The minimum atomic E-state index is 0.466. The lowest BCUT2D eigenvalue weighted by atomic mass is 10.2. The van der Waals surface area contributed by atoms with Crippen LogP contribution < -0.4 is 0 Å². The van der Waals surface area contributed by atoms with Gasteiger partial charge in [-0.1, -0.05) is 19.9 Å². The maximum Gasteiger partial charge on any atom is 0.0834 e. The number of rotatable bonds is 5. The van der Waals surface area contributed by atoms with Gasteiger partial charge in [0.2, 0.25) is 0 Å². The van der Waals surface area contributed by atoms with Crippen LogP contribution in [-0.4, -0.2) is 6.61 Å². The van der Waals surface area contributed by atoms with Gasteiger partial charge in [-0.15, -0.1) is 6.58 Å². The maximum absolute atomic E-state index is 5.14. The van der Waals surface area contributed by atoms with Crippen molar-refractivity contribution in [2.24, 2.45) is 5.92 Å². The molecule has 1 atom stereocenters. The average Bonchev–Trinajstić information content (AvgIpc) is 1.89. The first kappa shape index (κ1) is 8.70. The van der Waals surface area contributed by atoms with Crippen LogP contribution in [0.25, 0.3) is 0 Å². The van der Waals surface area contributed by atoms with Gasteiger partial charge < -0.3 is 4.74 Å². The fourth-order valence-corrected chi connectivity index (χ4v) is 0.406. The molecule has 0 heterocycles. The first-order valence-electron chi connectivity index (χ1n) is 3.37. The van der Waals surface area contributed by atoms with Crippen molar-refractivity contribution in [3.63, 3.8) is 0 Å². The Bertz CT molecular complexity index is 69.0. The van der Waals surface area contributed by atoms with Crippen molar-refractivity contribution in [2.45, 2.75) is 20.3 Å². The molecular weight excluding hydrogens is 112 g/mol. The fourth-order valence-electron chi connectivity index (χ4n) is 0.406. The minimum Gasteiger partial charge on any atom is -0.375 e. The smallest absolute Gasteiger partial charge is 0.0834 e. The Morgan fingerprint density at radius 1 is 1.67 bits per heavy atom. The molecular formula is C8H15O. The maximum atomic E-state index is 5.14. The van der Waals surface area contributed by atoms with E-state index in [1.807, 2.05) is 12.7 Å². The monoisotopic (exact) mass is 127 g/mol. The third-order valence-electron chi connectivity index (χ3n) is 1.05. The molecule has 0 amide bonds. The zero-order valence-electron chi connectivity index (χ0n) is 6.26. The zero-order valence-corrected chi connectivity index (χ0v) is 6.26. The Hall–Kier alpha value is -0.300. The van der Waals surface area contributed by atoms with E-state index in [0.717, 1.165) is 13.0 Å². The highest BCUT2D eigenvalue weighted by molar-refractivity contribution is 4.74. The summed E-state index contributed by atoms with van der Waals surface area (Å²) in [6.45, 7) is 10.4. The highest BCUT2D eigenvalue weighted by atomic mass is 16.5. The molecule has 0 aromatic heterocycles. The molecule has 1 unspecified atom stereocenters. The molecule has 0 bridgehead atoms. The van der Waals surface area contributed by atoms with Crippen LogP contribution in [0, 0.1) is 12.5 Å². The Labute approximate surface area is 57.7 Å². The van der Waals surface area contributed by atoms with E-state index in [4.69, 9.17) is 4.74 Å². The molecule has 53 valence electrons. The summed E-state index contributed by atoms with van der Waals surface area (Å²) in [4.78, 5) is 0. The first-order valence-corrected chi connectivity index (χ1v) is 3.37. The molecule has 0 aliphatic heterocycles. The standard InChI is InChI=1S/C8H15O/c1-4-6-9-7-8(3)5-2/h5-6,8H,2,4,7H2,1,3H3. The van der Waals surface area contributed by atoms with E-state index in [0.29, 0.717) is 5.92 Å². The quantitative estimate of drug-likeness (QED) is 0.407. The molecule has 9 heavy (non-hydrogen) atoms. The van der Waals surface area contributed by atoms with Gasteiger partial charge in [0, 0.05) is 0 Å². The van der Waals surface area contributed by atoms with Gasteiger partial charge in [0.15, 0.2) is 0 Å². The van der Waals surface area contributed by atoms with Gasteiger partial charge in [-0.3, -0.25) is 0 Å². The third-order valence-corrected chi connectivity index (χ3v) is 1.05. The normalized spacial score (nSPS) is 13.1. The molecule has 0 aromatic rings. The second-order valence-corrected chi connectivity index (χ2v) is 2.12. The molecule has 0 fully saturated rings. The SMILES string of the molecule is C=CC(C)CO[CH]CC. The van der Waals surface area contributed by atoms with E-state index >= 15 is 0 Å². The summed E-state index contributed by atoms with van der Waals surface area (Å²) in [5.41, 5.74) is 0. The van der Waals surface area contributed by atoms with Crippen molar-refractivity contribution in [3.05, 3.63) is 19.3 Å². The number of hydrogen-bond donors (Lipinski definition) is 0. The lowest BCUT2D eigenvalue weighted by Crippen LogP contribution is -1.99. The van der Waals surface area contributed by atoms with Crippen LogP contribution in [0.15, 0.2) is 12.7 Å². The molecule has 1 radical (unpaired) electrons. The topological polar surface area (TPSA) is 9.23 Å². The van der Waals surface area contributed by atoms with Gasteiger partial charge in [-0.2, -0.15) is 0 Å². The molecule has 0 aliphatic rings. The van der Waals surface area contributed by atoms with Crippen molar-refractivity contribution in [1.82, 2.24) is 0 Å². The average molecular weight is 127 g/mol. The van der Waals surface area contributed by atoms with Crippen LogP contribution in [0.3, 0.4) is 0 Å². The Morgan fingerprint density at radius 3 is 2.78 bits per heavy atom. The Kier molecular flexibility index (Phi) is 5.64. The predicted octanol–water partition coefficient (Wildman–Crippen LogP) is 2.40. The summed E-state index contributed by atoms with van der Waals surface area (Å²) < 4.78 is 5.14. The van der Waals surface area contributed by atoms with Crippen molar-refractivity contribution >= 4 is 0 Å². The summed E-state index contributed by atoms with van der Waals surface area (Å²) in [6.07, 6.45) is 2.87. The predicted molar refractivity (Wildman–Crippen MR) is 39.9 cm³/mol. The molecule has 0 rings (SSSR count). The van der Waals surface area contributed by atoms with Crippen LogP contribution in [0.4, 0.5) is 0 Å². The van der Waals surface area contributed by atoms with E-state index in [1.54, 1.807) is 0 Å². The van der Waals surface area contributed by atoms with E-state index in [9.17, 15) is 0 Å². The molecule has 0 aromatic carbocycles. The van der Waals surface area contributed by atoms with Gasteiger partial charge in [-0.05, 0) is 12.3 Å². The van der Waals surface area contributed by atoms with Gasteiger partial charge in [0.05, 0.1) is 13.2 Å². The third kappa shape index (κ3) is 5.57. The van der Waals surface area contributed by atoms with Crippen LogP contribution in [0.5, 0.6) is 0 Å². The lowest BCUT2D eigenvalue weighted by molar-refractivity contribution is 0.173. The van der Waals surface area contributed by atoms with Gasteiger partial charge in [0.25, 0.3) is 0 Å². The summed E-state index contributed by atoms with van der Waals surface area (Å²) in [5.74, 6) is 0.466. The first-order chi connectivity index (χ1) is 4.31. The van der Waals surface area contributed by atoms with Crippen LogP contribution in [0.1, 0.15) is 20.3 Å². The highest BCUT2D eigenvalue weighted by Gasteiger charge is 1.93. The lowest BCUT2D eigenvalue weighted by Gasteiger charge is -2.04. The molecule has 0 spiro atoms. The summed E-state index contributed by atoms with van der Waals surface area (Å²) in [7, 11) is 0. The van der Waals surface area contributed by atoms with E-state index < -0.39 is 0 Å². The van der Waals surface area contributed by atoms with E-state index in [1.165, 1.54) is 0 Å². The molecule has 0 N–H and O–H groups in total. The molecule has 1 nitrogen and oxygen atoms in total. The van der Waals surface area contributed by atoms with Crippen LogP contribution in [0.2, 0.25) is 0 Å². The zero-order chi connectivity index (χ0) is 7.11. The molecule has 0 saturated heterocycles. The van der Waals surface area contributed by atoms with Crippen LogP contribution >= 0.6 is 0 Å². The van der Waals surface area contributed by atoms with Crippen molar-refractivity contribution in [3.8, 4) is 0 Å². The summed E-state index contributed by atoms with van der Waals surface area (Å²) >= 11 is 0. The second-order valence-electron chi connectivity index (χ2n) is 2.12. The molecule has 0 aliphatic carbocycles. The minimum absolute atomic E-state index is 0.466. The Morgan fingerprint density at radius 2 is 2.33 bits per heavy atom. The molecule has 1 heteroatoms. The van der Waals surface area contributed by atoms with Crippen molar-refractivity contribution < 1.29 is 4.74 Å². The van der Waals surface area contributed by atoms with Gasteiger partial charge in [-0.25, -0.2) is 0 Å². The Balaban J connectivity index is 2.96. The largest absolute Gasteiger partial charge is 0.375 e. The van der Waals surface area contributed by atoms with Crippen LogP contribution in [-0.2, 0) is 4.74 Å². The van der Waals surface area contributed by atoms with Crippen molar-refractivity contribution in [2.75, 3.05) is 6.61 Å². The van der Waals surface area contributed by atoms with E-state index in [2.05, 4.69) is 20.4 Å².